The quantitative estimate of drug-likeness (QED) is 0.852. The second kappa shape index (κ2) is 4.78. The van der Waals surface area contributed by atoms with Crippen LogP contribution in [0.4, 0.5) is 4.79 Å². The van der Waals surface area contributed by atoms with Gasteiger partial charge in [0, 0.05) is 24.6 Å². The topological polar surface area (TPSA) is 71.5 Å². The molecule has 1 aromatic heterocycles. The molecule has 112 valence electrons. The Balaban J connectivity index is 1.68. The molecule has 0 aliphatic carbocycles. The number of amides is 3. The van der Waals surface area contributed by atoms with Crippen LogP contribution >= 0.6 is 0 Å². The number of hydrogen-bond acceptors (Lipinski definition) is 4. The van der Waals surface area contributed by atoms with Crippen molar-refractivity contribution in [3.8, 4) is 0 Å². The van der Waals surface area contributed by atoms with Crippen molar-refractivity contribution in [2.45, 2.75) is 18.5 Å². The fourth-order valence-corrected chi connectivity index (χ4v) is 3.12. The third-order valence-corrected chi connectivity index (χ3v) is 4.31. The van der Waals surface area contributed by atoms with Crippen LogP contribution < -0.4 is 5.32 Å². The third kappa shape index (κ3) is 1.88. The summed E-state index contributed by atoms with van der Waals surface area (Å²) in [4.78, 5) is 30.5. The minimum atomic E-state index is -0.866. The van der Waals surface area contributed by atoms with Crippen molar-refractivity contribution < 1.29 is 14.3 Å². The van der Waals surface area contributed by atoms with Gasteiger partial charge in [-0.1, -0.05) is 24.3 Å². The first-order chi connectivity index (χ1) is 10.7. The highest BCUT2D eigenvalue weighted by Gasteiger charge is 2.53. The summed E-state index contributed by atoms with van der Waals surface area (Å²) >= 11 is 0. The number of aromatic nitrogens is 1. The first kappa shape index (κ1) is 13.2. The molecule has 2 aliphatic rings. The van der Waals surface area contributed by atoms with E-state index in [2.05, 4.69) is 10.3 Å². The Bertz CT molecular complexity index is 763. The zero-order chi connectivity index (χ0) is 15.2. The predicted molar refractivity (Wildman–Crippen MR) is 79.0 cm³/mol. The summed E-state index contributed by atoms with van der Waals surface area (Å²) < 4.78 is 5.30. The van der Waals surface area contributed by atoms with Crippen LogP contribution in [0.15, 0.2) is 36.5 Å². The third-order valence-electron chi connectivity index (χ3n) is 4.31. The fourth-order valence-electron chi connectivity index (χ4n) is 3.12. The summed E-state index contributed by atoms with van der Waals surface area (Å²) in [5.41, 5.74) is 0.807. The van der Waals surface area contributed by atoms with Gasteiger partial charge >= 0.3 is 6.03 Å². The number of pyridine rings is 1. The number of carbonyl (C=O) groups is 2. The number of urea groups is 1. The van der Waals surface area contributed by atoms with Crippen LogP contribution in [0.25, 0.3) is 10.9 Å². The van der Waals surface area contributed by atoms with Gasteiger partial charge in [0.25, 0.3) is 5.91 Å². The molecule has 6 heteroatoms. The molecule has 0 radical (unpaired) electrons. The Labute approximate surface area is 127 Å². The Morgan fingerprint density at radius 2 is 2.14 bits per heavy atom. The molecule has 1 spiro atoms. The maximum Gasteiger partial charge on any atom is 0.325 e. The zero-order valence-electron chi connectivity index (χ0n) is 11.9. The number of carbonyl (C=O) groups excluding carboxylic acids is 2. The van der Waals surface area contributed by atoms with Gasteiger partial charge in [0.15, 0.2) is 0 Å². The normalized spacial score (nSPS) is 24.5. The number of nitrogens with zero attached hydrogens (tertiary/aromatic N) is 2. The molecule has 2 fully saturated rings. The molecule has 1 aromatic carbocycles. The molecule has 2 aromatic rings. The fraction of sp³-hybridized carbons (Fsp3) is 0.312. The second-order valence-corrected chi connectivity index (χ2v) is 5.70. The Morgan fingerprint density at radius 3 is 2.95 bits per heavy atom. The van der Waals surface area contributed by atoms with E-state index < -0.39 is 5.54 Å². The van der Waals surface area contributed by atoms with E-state index in [1.807, 2.05) is 30.3 Å². The standard InChI is InChI=1S/C16H15N3O3/c20-14-16(6-8-22-10-16)18-15(21)19(14)9-12-4-1-3-11-5-2-7-17-13(11)12/h1-5,7H,6,8-10H2,(H,18,21)/t16-/m1/s1. The first-order valence-corrected chi connectivity index (χ1v) is 7.24. The molecule has 2 saturated heterocycles. The maximum absolute atomic E-state index is 12.6. The van der Waals surface area contributed by atoms with Crippen LogP contribution in [0, 0.1) is 0 Å². The van der Waals surface area contributed by atoms with Gasteiger partial charge in [0.2, 0.25) is 0 Å². The van der Waals surface area contributed by atoms with Crippen molar-refractivity contribution >= 4 is 22.8 Å². The number of fused-ring (bicyclic) bond motifs is 1. The van der Waals surface area contributed by atoms with Crippen LogP contribution in [-0.2, 0) is 16.1 Å². The van der Waals surface area contributed by atoms with Crippen LogP contribution in [0.2, 0.25) is 0 Å². The van der Waals surface area contributed by atoms with E-state index in [0.717, 1.165) is 16.5 Å². The van der Waals surface area contributed by atoms with Gasteiger partial charge < -0.3 is 10.1 Å². The van der Waals surface area contributed by atoms with Gasteiger partial charge in [-0.2, -0.15) is 0 Å². The van der Waals surface area contributed by atoms with Gasteiger partial charge in [0.05, 0.1) is 18.7 Å². The predicted octanol–water partition coefficient (Wildman–Crippen LogP) is 1.45. The van der Waals surface area contributed by atoms with Gasteiger partial charge in [0.1, 0.15) is 5.54 Å². The smallest absolute Gasteiger partial charge is 0.325 e. The average molecular weight is 297 g/mol. The van der Waals surface area contributed by atoms with Gasteiger partial charge in [-0.15, -0.1) is 0 Å². The van der Waals surface area contributed by atoms with E-state index in [-0.39, 0.29) is 25.1 Å². The Kier molecular flexibility index (Phi) is 2.87. The van der Waals surface area contributed by atoms with E-state index in [0.29, 0.717) is 13.0 Å². The maximum atomic E-state index is 12.6. The summed E-state index contributed by atoms with van der Waals surface area (Å²) in [6, 6.07) is 9.24. The number of hydrogen-bond donors (Lipinski definition) is 1. The summed E-state index contributed by atoms with van der Waals surface area (Å²) in [6.07, 6.45) is 2.24. The number of imide groups is 1. The number of benzene rings is 1. The second-order valence-electron chi connectivity index (χ2n) is 5.70. The molecule has 2 aliphatic heterocycles. The van der Waals surface area contributed by atoms with Crippen LogP contribution in [0.5, 0.6) is 0 Å². The van der Waals surface area contributed by atoms with Crippen molar-refractivity contribution in [2.75, 3.05) is 13.2 Å². The van der Waals surface area contributed by atoms with Crippen molar-refractivity contribution in [1.82, 2.24) is 15.2 Å². The molecular weight excluding hydrogens is 282 g/mol. The summed E-state index contributed by atoms with van der Waals surface area (Å²) in [7, 11) is 0. The Morgan fingerprint density at radius 1 is 1.27 bits per heavy atom. The van der Waals surface area contributed by atoms with Crippen molar-refractivity contribution in [3.05, 3.63) is 42.1 Å². The molecule has 22 heavy (non-hydrogen) atoms. The average Bonchev–Trinajstić information content (AvgIpc) is 3.09. The highest BCUT2D eigenvalue weighted by Crippen LogP contribution is 2.28. The van der Waals surface area contributed by atoms with Crippen LogP contribution in [-0.4, -0.2) is 40.6 Å². The monoisotopic (exact) mass is 297 g/mol. The van der Waals surface area contributed by atoms with E-state index >= 15 is 0 Å². The number of rotatable bonds is 2. The number of para-hydroxylation sites is 1. The minimum absolute atomic E-state index is 0.206. The molecular formula is C16H15N3O3. The molecule has 0 unspecified atom stereocenters. The lowest BCUT2D eigenvalue weighted by Gasteiger charge is -2.18. The van der Waals surface area contributed by atoms with E-state index in [1.165, 1.54) is 4.90 Å². The van der Waals surface area contributed by atoms with E-state index in [9.17, 15) is 9.59 Å². The van der Waals surface area contributed by atoms with Gasteiger partial charge in [-0.05, 0) is 11.6 Å². The highest BCUT2D eigenvalue weighted by atomic mass is 16.5. The van der Waals surface area contributed by atoms with E-state index in [4.69, 9.17) is 4.74 Å². The lowest BCUT2D eigenvalue weighted by molar-refractivity contribution is -0.131. The van der Waals surface area contributed by atoms with Crippen molar-refractivity contribution in [1.29, 1.82) is 0 Å². The molecule has 4 rings (SSSR count). The summed E-state index contributed by atoms with van der Waals surface area (Å²) in [5.74, 6) is -0.206. The van der Waals surface area contributed by atoms with Crippen LogP contribution in [0.1, 0.15) is 12.0 Å². The van der Waals surface area contributed by atoms with Gasteiger partial charge in [-0.25, -0.2) is 4.79 Å². The number of ether oxygens (including phenoxy) is 1. The molecule has 3 heterocycles. The largest absolute Gasteiger partial charge is 0.378 e. The lowest BCUT2D eigenvalue weighted by Crippen LogP contribution is -2.47. The summed E-state index contributed by atoms with van der Waals surface area (Å²) in [6.45, 7) is 0.971. The zero-order valence-corrected chi connectivity index (χ0v) is 11.9. The first-order valence-electron chi connectivity index (χ1n) is 7.24. The molecule has 3 amide bonds. The van der Waals surface area contributed by atoms with Crippen molar-refractivity contribution in [3.63, 3.8) is 0 Å². The van der Waals surface area contributed by atoms with E-state index in [1.54, 1.807) is 6.20 Å². The molecule has 0 bridgehead atoms. The molecule has 1 N–H and O–H groups in total. The Hall–Kier alpha value is -2.47. The minimum Gasteiger partial charge on any atom is -0.378 e. The van der Waals surface area contributed by atoms with Gasteiger partial charge in [-0.3, -0.25) is 14.7 Å². The van der Waals surface area contributed by atoms with Crippen LogP contribution in [0.3, 0.4) is 0 Å². The van der Waals surface area contributed by atoms with Crippen molar-refractivity contribution in [2.24, 2.45) is 0 Å². The molecule has 1 atom stereocenters. The SMILES string of the molecule is O=C1N[C@@]2(CCOC2)C(=O)N1Cc1cccc2cccnc12. The summed E-state index contributed by atoms with van der Waals surface area (Å²) in [5, 5.41) is 3.78. The number of nitrogens with one attached hydrogen (secondary N) is 1. The lowest BCUT2D eigenvalue weighted by atomic mass is 9.99. The molecule has 6 nitrogen and oxygen atoms in total. The highest BCUT2D eigenvalue weighted by molar-refractivity contribution is 6.07. The molecule has 0 saturated carbocycles.